The Hall–Kier alpha value is -1.60. The molecule has 21 heavy (non-hydrogen) atoms. The van der Waals surface area contributed by atoms with Crippen molar-refractivity contribution in [3.05, 3.63) is 29.8 Å². The highest BCUT2D eigenvalue weighted by Gasteiger charge is 2.31. The van der Waals surface area contributed by atoms with E-state index in [1.807, 2.05) is 0 Å². The Morgan fingerprint density at radius 3 is 2.52 bits per heavy atom. The molecule has 1 aromatic carbocycles. The van der Waals surface area contributed by atoms with Crippen molar-refractivity contribution in [2.45, 2.75) is 26.0 Å². The molecule has 1 fully saturated rings. The van der Waals surface area contributed by atoms with E-state index >= 15 is 0 Å². The second-order valence-corrected chi connectivity index (χ2v) is 7.61. The van der Waals surface area contributed by atoms with Crippen LogP contribution >= 0.6 is 0 Å². The Labute approximate surface area is 124 Å². The minimum Gasteiger partial charge on any atom is -0.389 e. The maximum Gasteiger partial charge on any atom is 0.322 e. The van der Waals surface area contributed by atoms with E-state index in [0.29, 0.717) is 5.69 Å². The molecular formula is C14H20N2O4S. The van der Waals surface area contributed by atoms with Crippen molar-refractivity contribution in [2.24, 2.45) is 0 Å². The van der Waals surface area contributed by atoms with Crippen molar-refractivity contribution in [3.8, 4) is 0 Å². The second kappa shape index (κ2) is 6.03. The number of sulfone groups is 1. The van der Waals surface area contributed by atoms with Crippen LogP contribution in [0.25, 0.3) is 0 Å². The van der Waals surface area contributed by atoms with Crippen LogP contribution in [0, 0.1) is 0 Å². The minimum absolute atomic E-state index is 0.00137. The number of urea groups is 1. The van der Waals surface area contributed by atoms with Gasteiger partial charge in [-0.05, 0) is 31.5 Å². The number of rotatable bonds is 2. The van der Waals surface area contributed by atoms with E-state index in [9.17, 15) is 18.3 Å². The molecular weight excluding hydrogens is 292 g/mol. The van der Waals surface area contributed by atoms with Crippen LogP contribution in [0.3, 0.4) is 0 Å². The van der Waals surface area contributed by atoms with Gasteiger partial charge in [-0.15, -0.1) is 0 Å². The van der Waals surface area contributed by atoms with Gasteiger partial charge in [0.15, 0.2) is 9.84 Å². The fraction of sp³-hybridized carbons (Fsp3) is 0.500. The number of nitrogens with one attached hydrogen (secondary N) is 1. The summed E-state index contributed by atoms with van der Waals surface area (Å²) >= 11 is 0. The number of carbonyl (C=O) groups excluding carboxylic acids is 1. The van der Waals surface area contributed by atoms with Gasteiger partial charge in [0.1, 0.15) is 0 Å². The Balaban J connectivity index is 2.01. The van der Waals surface area contributed by atoms with Gasteiger partial charge < -0.3 is 15.3 Å². The fourth-order valence-corrected chi connectivity index (χ4v) is 3.90. The zero-order valence-corrected chi connectivity index (χ0v) is 12.9. The molecule has 2 N–H and O–H groups in total. The molecule has 0 radical (unpaired) electrons. The minimum atomic E-state index is -3.04. The van der Waals surface area contributed by atoms with Gasteiger partial charge in [0.25, 0.3) is 0 Å². The normalized spacial score (nSPS) is 22.6. The SMILES string of the molecule is CC(O)c1ccc(NC(=O)N2CCS(=O)(=O)CC2C)cc1. The van der Waals surface area contributed by atoms with Crippen molar-refractivity contribution < 1.29 is 18.3 Å². The van der Waals surface area contributed by atoms with Crippen molar-refractivity contribution in [2.75, 3.05) is 23.4 Å². The Morgan fingerprint density at radius 1 is 1.38 bits per heavy atom. The molecule has 1 aliphatic heterocycles. The van der Waals surface area contributed by atoms with Crippen LogP contribution in [0.5, 0.6) is 0 Å². The van der Waals surface area contributed by atoms with Crippen molar-refractivity contribution in [1.29, 1.82) is 0 Å². The molecule has 2 unspecified atom stereocenters. The lowest BCUT2D eigenvalue weighted by molar-refractivity contribution is 0.199. The van der Waals surface area contributed by atoms with Crippen LogP contribution in [-0.2, 0) is 9.84 Å². The van der Waals surface area contributed by atoms with Gasteiger partial charge >= 0.3 is 6.03 Å². The quantitative estimate of drug-likeness (QED) is 0.864. The summed E-state index contributed by atoms with van der Waals surface area (Å²) < 4.78 is 23.0. The molecule has 0 saturated carbocycles. The summed E-state index contributed by atoms with van der Waals surface area (Å²) in [6, 6.07) is 6.27. The van der Waals surface area contributed by atoms with E-state index in [1.54, 1.807) is 38.1 Å². The zero-order valence-electron chi connectivity index (χ0n) is 12.1. The van der Waals surface area contributed by atoms with E-state index in [0.717, 1.165) is 5.56 Å². The predicted octanol–water partition coefficient (Wildman–Crippen LogP) is 1.39. The van der Waals surface area contributed by atoms with Crippen LogP contribution in [-0.4, -0.2) is 48.5 Å². The highest BCUT2D eigenvalue weighted by Crippen LogP contribution is 2.17. The summed E-state index contributed by atoms with van der Waals surface area (Å²) in [5, 5.41) is 12.2. The number of anilines is 1. The zero-order chi connectivity index (χ0) is 15.6. The van der Waals surface area contributed by atoms with E-state index in [4.69, 9.17) is 0 Å². The van der Waals surface area contributed by atoms with Crippen LogP contribution in [0.4, 0.5) is 10.5 Å². The van der Waals surface area contributed by atoms with E-state index in [-0.39, 0.29) is 30.1 Å². The molecule has 0 aromatic heterocycles. The number of hydrogen-bond donors (Lipinski definition) is 2. The van der Waals surface area contributed by atoms with E-state index < -0.39 is 15.9 Å². The summed E-state index contributed by atoms with van der Waals surface area (Å²) in [6.07, 6.45) is -0.554. The molecule has 116 valence electrons. The predicted molar refractivity (Wildman–Crippen MR) is 80.9 cm³/mol. The summed E-state index contributed by atoms with van der Waals surface area (Å²) in [6.45, 7) is 3.61. The molecule has 7 heteroatoms. The molecule has 0 aliphatic carbocycles. The maximum absolute atomic E-state index is 12.2. The third-order valence-electron chi connectivity index (χ3n) is 3.58. The summed E-state index contributed by atoms with van der Waals surface area (Å²) in [4.78, 5) is 13.7. The van der Waals surface area contributed by atoms with E-state index in [1.165, 1.54) is 4.90 Å². The third kappa shape index (κ3) is 3.95. The molecule has 0 bridgehead atoms. The first-order valence-corrected chi connectivity index (χ1v) is 8.67. The fourth-order valence-electron chi connectivity index (χ4n) is 2.34. The first kappa shape index (κ1) is 15.8. The summed E-state index contributed by atoms with van der Waals surface area (Å²) in [5.41, 5.74) is 1.38. The van der Waals surface area contributed by atoms with Gasteiger partial charge in [0.05, 0.1) is 17.6 Å². The highest BCUT2D eigenvalue weighted by molar-refractivity contribution is 7.91. The first-order valence-electron chi connectivity index (χ1n) is 6.84. The van der Waals surface area contributed by atoms with Crippen molar-refractivity contribution in [1.82, 2.24) is 4.90 Å². The average molecular weight is 312 g/mol. The van der Waals surface area contributed by atoms with Gasteiger partial charge in [-0.1, -0.05) is 12.1 Å². The molecule has 1 aromatic rings. The molecule has 1 aliphatic rings. The van der Waals surface area contributed by atoms with Gasteiger partial charge in [-0.25, -0.2) is 13.2 Å². The molecule has 2 rings (SSSR count). The largest absolute Gasteiger partial charge is 0.389 e. The number of nitrogens with zero attached hydrogens (tertiary/aromatic N) is 1. The number of aliphatic hydroxyl groups excluding tert-OH is 1. The van der Waals surface area contributed by atoms with Crippen LogP contribution in [0.2, 0.25) is 0 Å². The Bertz CT molecular complexity index is 610. The molecule has 2 atom stereocenters. The Kier molecular flexibility index (Phi) is 4.53. The van der Waals surface area contributed by atoms with Gasteiger partial charge in [0, 0.05) is 18.3 Å². The standard InChI is InChI=1S/C14H20N2O4S/c1-10-9-21(19,20)8-7-16(10)14(18)15-13-5-3-12(4-6-13)11(2)17/h3-6,10-11,17H,7-9H2,1-2H3,(H,15,18). The number of hydrogen-bond acceptors (Lipinski definition) is 4. The van der Waals surface area contributed by atoms with Crippen molar-refractivity contribution >= 4 is 21.6 Å². The van der Waals surface area contributed by atoms with Crippen LogP contribution in [0.15, 0.2) is 24.3 Å². The lowest BCUT2D eigenvalue weighted by Gasteiger charge is -2.33. The molecule has 0 spiro atoms. The average Bonchev–Trinajstić information content (AvgIpc) is 2.37. The first-order chi connectivity index (χ1) is 9.78. The number of carbonyl (C=O) groups is 1. The number of amides is 2. The topological polar surface area (TPSA) is 86.7 Å². The van der Waals surface area contributed by atoms with Gasteiger partial charge in [-0.2, -0.15) is 0 Å². The molecule has 6 nitrogen and oxygen atoms in total. The maximum atomic E-state index is 12.2. The van der Waals surface area contributed by atoms with Gasteiger partial charge in [-0.3, -0.25) is 0 Å². The van der Waals surface area contributed by atoms with Crippen LogP contribution < -0.4 is 5.32 Å². The molecule has 2 amide bonds. The molecule has 1 saturated heterocycles. The monoisotopic (exact) mass is 312 g/mol. The number of benzene rings is 1. The molecule has 1 heterocycles. The smallest absolute Gasteiger partial charge is 0.322 e. The van der Waals surface area contributed by atoms with Crippen LogP contribution in [0.1, 0.15) is 25.5 Å². The van der Waals surface area contributed by atoms with E-state index in [2.05, 4.69) is 5.32 Å². The second-order valence-electron chi connectivity index (χ2n) is 5.38. The Morgan fingerprint density at radius 2 is 2.00 bits per heavy atom. The highest BCUT2D eigenvalue weighted by atomic mass is 32.2. The third-order valence-corrected chi connectivity index (χ3v) is 5.37. The lowest BCUT2D eigenvalue weighted by atomic mass is 10.1. The lowest BCUT2D eigenvalue weighted by Crippen LogP contribution is -2.51. The number of aliphatic hydroxyl groups is 1. The summed E-state index contributed by atoms with van der Waals surface area (Å²) in [5.74, 6) is 0.00705. The van der Waals surface area contributed by atoms with Gasteiger partial charge in [0.2, 0.25) is 0 Å². The van der Waals surface area contributed by atoms with Crippen molar-refractivity contribution in [3.63, 3.8) is 0 Å². The summed E-state index contributed by atoms with van der Waals surface area (Å²) in [7, 11) is -3.04.